The Balaban J connectivity index is -0.0000000800. The predicted molar refractivity (Wildman–Crippen MR) is 23.1 cm³/mol. The van der Waals surface area contributed by atoms with Crippen molar-refractivity contribution in [3.8, 4) is 0 Å². The molecule has 0 atom stereocenters. The SMILES string of the molecule is O=[Te](=O)(O)O.[K].[K]. The maximum Gasteiger partial charge on any atom is 0 e. The molecule has 7 heavy (non-hydrogen) atoms. The van der Waals surface area contributed by atoms with Crippen molar-refractivity contribution in [3.63, 3.8) is 0 Å². The van der Waals surface area contributed by atoms with E-state index >= 15 is 0 Å². The number of rotatable bonds is 0. The Morgan fingerprint density at radius 1 is 1.00 bits per heavy atom. The summed E-state index contributed by atoms with van der Waals surface area (Å²) in [4.78, 5) is 0. The number of hydrogen-bond acceptors (Lipinski definition) is 2. The molecule has 0 unspecified atom stereocenters. The Morgan fingerprint density at radius 3 is 1.00 bits per heavy atom. The van der Waals surface area contributed by atoms with Crippen LogP contribution in [0.5, 0.6) is 0 Å². The zero-order valence-corrected chi connectivity index (χ0v) is 12.7. The van der Waals surface area contributed by atoms with E-state index < -0.39 is 19.0 Å². The summed E-state index contributed by atoms with van der Waals surface area (Å²) < 4.78 is 32.0. The minimum absolute atomic E-state index is 0. The second kappa shape index (κ2) is 7.69. The molecule has 2 radical (unpaired) electrons. The van der Waals surface area contributed by atoms with Gasteiger partial charge in [0.25, 0.3) is 0 Å². The second-order valence-corrected chi connectivity index (χ2v) is 3.00. The van der Waals surface area contributed by atoms with E-state index in [2.05, 4.69) is 0 Å². The van der Waals surface area contributed by atoms with Crippen molar-refractivity contribution in [1.82, 2.24) is 0 Å². The van der Waals surface area contributed by atoms with E-state index in [0.717, 1.165) is 0 Å². The summed E-state index contributed by atoms with van der Waals surface area (Å²) in [7, 11) is 0. The Bertz CT molecular complexity index is 92.9. The van der Waals surface area contributed by atoms with Gasteiger partial charge in [0.05, 0.1) is 0 Å². The van der Waals surface area contributed by atoms with Crippen molar-refractivity contribution in [2.75, 3.05) is 0 Å². The molecule has 0 aromatic rings. The van der Waals surface area contributed by atoms with Gasteiger partial charge in [0.2, 0.25) is 0 Å². The van der Waals surface area contributed by atoms with Crippen LogP contribution in [0.25, 0.3) is 0 Å². The smallest absolute Gasteiger partial charge is 0 e. The normalized spacial score (nSPS) is 8.29. The Kier molecular flexibility index (Phi) is 18.6. The van der Waals surface area contributed by atoms with Gasteiger partial charge in [0, 0.05) is 103 Å². The van der Waals surface area contributed by atoms with Gasteiger partial charge >= 0.3 is 32.1 Å². The van der Waals surface area contributed by atoms with Crippen LogP contribution in [0.2, 0.25) is 0 Å². The van der Waals surface area contributed by atoms with Crippen molar-refractivity contribution in [2.45, 2.75) is 0 Å². The third-order valence-corrected chi connectivity index (χ3v) is 0. The molecule has 2 N–H and O–H groups in total. The van der Waals surface area contributed by atoms with Crippen LogP contribution < -0.4 is 0 Å². The van der Waals surface area contributed by atoms with Crippen molar-refractivity contribution in [2.24, 2.45) is 0 Å². The Morgan fingerprint density at radius 2 is 1.00 bits per heavy atom. The molecule has 0 aromatic carbocycles. The minimum atomic E-state index is -5.52. The van der Waals surface area contributed by atoms with Crippen LogP contribution in [0.1, 0.15) is 0 Å². The summed E-state index contributed by atoms with van der Waals surface area (Å²) in [6, 6.07) is 0. The van der Waals surface area contributed by atoms with Gasteiger partial charge in [-0.3, -0.25) is 0 Å². The first-order valence-electron chi connectivity index (χ1n) is 0.698. The molecule has 0 saturated carbocycles. The largest absolute Gasteiger partial charge is 0 e. The second-order valence-electron chi connectivity index (χ2n) is 0.448. The molecule has 0 aliphatic heterocycles. The molecule has 7 heteroatoms. The predicted octanol–water partition coefficient (Wildman–Crippen LogP) is -2.49. The molecule has 0 heterocycles. The van der Waals surface area contributed by atoms with Gasteiger partial charge in [-0.15, -0.1) is 0 Å². The maximum absolute atomic E-state index is 8.85. The molecular formula is H2K2O4Te. The van der Waals surface area contributed by atoms with Crippen molar-refractivity contribution >= 4 is 122 Å². The van der Waals surface area contributed by atoms with Crippen molar-refractivity contribution < 1.29 is 13.2 Å². The van der Waals surface area contributed by atoms with Crippen LogP contribution in [0, 0.1) is 0 Å². The van der Waals surface area contributed by atoms with E-state index in [-0.39, 0.29) is 103 Å². The van der Waals surface area contributed by atoms with E-state index in [1.54, 1.807) is 0 Å². The average Bonchev–Trinajstić information content (AvgIpc) is 0.722. The first kappa shape index (κ1) is 16.9. The summed E-state index contributed by atoms with van der Waals surface area (Å²) in [6.45, 7) is 0. The van der Waals surface area contributed by atoms with E-state index in [1.807, 2.05) is 0 Å². The van der Waals surface area contributed by atoms with Gasteiger partial charge in [0.1, 0.15) is 0 Å². The third kappa shape index (κ3) is 42.9. The molecule has 0 spiro atoms. The summed E-state index contributed by atoms with van der Waals surface area (Å²) in [6.07, 6.45) is 0. The van der Waals surface area contributed by atoms with Gasteiger partial charge in [-0.1, -0.05) is 0 Å². The average molecular weight is 272 g/mol. The van der Waals surface area contributed by atoms with Crippen LogP contribution in [0.4, 0.5) is 0 Å². The van der Waals surface area contributed by atoms with Crippen LogP contribution in [-0.2, 0) is 6.21 Å². The van der Waals surface area contributed by atoms with Crippen LogP contribution >= 0.6 is 0 Å². The third-order valence-electron chi connectivity index (χ3n) is 0. The van der Waals surface area contributed by atoms with Gasteiger partial charge < -0.3 is 0 Å². The molecule has 0 rings (SSSR count). The van der Waals surface area contributed by atoms with Crippen LogP contribution in [0.3, 0.4) is 0 Å². The Labute approximate surface area is 131 Å². The quantitative estimate of drug-likeness (QED) is 0.478. The standard InChI is InChI=1S/2K.H2O4Te/c;;1-5(2,3)4/h;;(H2,1,2,3,4). The van der Waals surface area contributed by atoms with E-state index in [1.165, 1.54) is 0 Å². The minimum Gasteiger partial charge on any atom is 0 e. The molecule has 0 amide bonds. The van der Waals surface area contributed by atoms with Gasteiger partial charge in [-0.25, -0.2) is 0 Å². The fraction of sp³-hybridized carbons (Fsp3) is 0. The maximum atomic E-state index is 8.85. The monoisotopic (exact) mass is 274 g/mol. The summed E-state index contributed by atoms with van der Waals surface area (Å²) in [5.74, 6) is 0. The van der Waals surface area contributed by atoms with Crippen molar-refractivity contribution in [1.29, 1.82) is 0 Å². The van der Waals surface area contributed by atoms with Gasteiger partial charge in [-0.05, 0) is 0 Å². The molecule has 0 aliphatic carbocycles. The fourth-order valence-corrected chi connectivity index (χ4v) is 0. The molecule has 4 nitrogen and oxygen atoms in total. The number of hydrogen-bond donors (Lipinski definition) is 2. The molecular weight excluding hydrogens is 270 g/mol. The summed E-state index contributed by atoms with van der Waals surface area (Å²) in [5.41, 5.74) is 0. The molecule has 0 aromatic heterocycles. The zero-order chi connectivity index (χ0) is 4.50. The molecule has 34 valence electrons. The first-order valence-corrected chi connectivity index (χ1v) is 4.69. The van der Waals surface area contributed by atoms with E-state index in [9.17, 15) is 0 Å². The summed E-state index contributed by atoms with van der Waals surface area (Å²) >= 11 is -5.52. The van der Waals surface area contributed by atoms with Gasteiger partial charge in [0.15, 0.2) is 0 Å². The Hall–Kier alpha value is 3.58. The van der Waals surface area contributed by atoms with Gasteiger partial charge in [-0.2, -0.15) is 0 Å². The van der Waals surface area contributed by atoms with Crippen molar-refractivity contribution in [3.05, 3.63) is 0 Å². The fourth-order valence-electron chi connectivity index (χ4n) is 0. The molecule has 0 saturated heterocycles. The molecule has 0 aliphatic rings. The van der Waals surface area contributed by atoms with E-state index in [0.29, 0.717) is 0 Å². The topological polar surface area (TPSA) is 74.6 Å². The van der Waals surface area contributed by atoms with Crippen LogP contribution in [-0.4, -0.2) is 129 Å². The van der Waals surface area contributed by atoms with E-state index in [4.69, 9.17) is 13.2 Å². The van der Waals surface area contributed by atoms with Crippen LogP contribution in [0.15, 0.2) is 0 Å². The molecule has 0 fully saturated rings. The zero-order valence-electron chi connectivity index (χ0n) is 4.12. The molecule has 0 bridgehead atoms. The summed E-state index contributed by atoms with van der Waals surface area (Å²) in [5, 5.41) is 0. The first-order chi connectivity index (χ1) is 2.00.